The predicted molar refractivity (Wildman–Crippen MR) is 73.2 cm³/mol. The minimum atomic E-state index is 0.537. The smallest absolute Gasteiger partial charge is 0.119 e. The van der Waals surface area contributed by atoms with Crippen LogP contribution in [-0.4, -0.2) is 15.4 Å². The van der Waals surface area contributed by atoms with Gasteiger partial charge in [0.2, 0.25) is 0 Å². The first kappa shape index (κ1) is 12.1. The molecule has 17 heavy (non-hydrogen) atoms. The Morgan fingerprint density at radius 2 is 1.65 bits per heavy atom. The van der Waals surface area contributed by atoms with Crippen LogP contribution >= 0.6 is 11.8 Å². The molecular formula is C14H16N2S. The second-order valence-electron chi connectivity index (χ2n) is 4.29. The van der Waals surface area contributed by atoms with Crippen LogP contribution in [-0.2, 0) is 0 Å². The second-order valence-corrected chi connectivity index (χ2v) is 5.89. The van der Waals surface area contributed by atoms with Crippen molar-refractivity contribution in [3.05, 3.63) is 42.0 Å². The summed E-state index contributed by atoms with van der Waals surface area (Å²) in [6, 6.07) is 12.4. The van der Waals surface area contributed by atoms with Crippen molar-refractivity contribution in [2.45, 2.75) is 31.0 Å². The van der Waals surface area contributed by atoms with E-state index in [1.54, 1.807) is 11.8 Å². The Hall–Kier alpha value is -1.35. The van der Waals surface area contributed by atoms with Crippen LogP contribution in [0.5, 0.6) is 0 Å². The molecule has 1 aromatic heterocycles. The first-order chi connectivity index (χ1) is 8.15. The van der Waals surface area contributed by atoms with Gasteiger partial charge in [-0.15, -0.1) is 22.0 Å². The van der Waals surface area contributed by atoms with E-state index in [0.29, 0.717) is 5.25 Å². The molecule has 2 rings (SSSR count). The van der Waals surface area contributed by atoms with Crippen LogP contribution in [0.15, 0.2) is 41.4 Å². The van der Waals surface area contributed by atoms with Gasteiger partial charge in [0.15, 0.2) is 0 Å². The van der Waals surface area contributed by atoms with Gasteiger partial charge in [0.05, 0.1) is 5.69 Å². The van der Waals surface area contributed by atoms with Crippen LogP contribution in [0.1, 0.15) is 19.4 Å². The normalized spacial score (nSPS) is 10.8. The van der Waals surface area contributed by atoms with E-state index in [2.05, 4.69) is 55.2 Å². The highest BCUT2D eigenvalue weighted by Gasteiger charge is 2.03. The molecule has 1 aromatic carbocycles. The number of nitrogens with zero attached hydrogens (tertiary/aromatic N) is 2. The first-order valence-electron chi connectivity index (χ1n) is 5.72. The standard InChI is InChI=1S/C14H16N2S/c1-10(2)17-14-9-8-13(15-16-14)12-6-4-11(3)5-7-12/h4-10H,1-3H3. The van der Waals surface area contributed by atoms with E-state index < -0.39 is 0 Å². The minimum absolute atomic E-state index is 0.537. The van der Waals surface area contributed by atoms with E-state index in [9.17, 15) is 0 Å². The molecule has 2 aromatic rings. The van der Waals surface area contributed by atoms with Gasteiger partial charge in [0, 0.05) is 10.8 Å². The lowest BCUT2D eigenvalue weighted by molar-refractivity contribution is 0.929. The monoisotopic (exact) mass is 244 g/mol. The topological polar surface area (TPSA) is 25.8 Å². The summed E-state index contributed by atoms with van der Waals surface area (Å²) < 4.78 is 0. The summed E-state index contributed by atoms with van der Waals surface area (Å²) in [5, 5.41) is 10.0. The van der Waals surface area contributed by atoms with Gasteiger partial charge in [-0.25, -0.2) is 0 Å². The molecule has 0 atom stereocenters. The summed E-state index contributed by atoms with van der Waals surface area (Å²) in [6.07, 6.45) is 0. The summed E-state index contributed by atoms with van der Waals surface area (Å²) in [4.78, 5) is 0. The SMILES string of the molecule is Cc1ccc(-c2ccc(SC(C)C)nn2)cc1. The molecule has 0 saturated carbocycles. The zero-order chi connectivity index (χ0) is 12.3. The summed E-state index contributed by atoms with van der Waals surface area (Å²) >= 11 is 1.73. The molecule has 0 unspecified atom stereocenters. The van der Waals surface area contributed by atoms with Crippen molar-refractivity contribution < 1.29 is 0 Å². The van der Waals surface area contributed by atoms with Crippen LogP contribution in [0.3, 0.4) is 0 Å². The first-order valence-corrected chi connectivity index (χ1v) is 6.60. The van der Waals surface area contributed by atoms with E-state index in [4.69, 9.17) is 0 Å². The van der Waals surface area contributed by atoms with Crippen LogP contribution in [0.4, 0.5) is 0 Å². The van der Waals surface area contributed by atoms with Gasteiger partial charge < -0.3 is 0 Å². The van der Waals surface area contributed by atoms with Crippen molar-refractivity contribution in [2.75, 3.05) is 0 Å². The highest BCUT2D eigenvalue weighted by Crippen LogP contribution is 2.22. The van der Waals surface area contributed by atoms with Crippen molar-refractivity contribution in [2.24, 2.45) is 0 Å². The highest BCUT2D eigenvalue weighted by molar-refractivity contribution is 7.99. The number of hydrogen-bond donors (Lipinski definition) is 0. The molecule has 3 heteroatoms. The zero-order valence-electron chi connectivity index (χ0n) is 10.3. The summed E-state index contributed by atoms with van der Waals surface area (Å²) in [5.74, 6) is 0. The maximum Gasteiger partial charge on any atom is 0.119 e. The fourth-order valence-electron chi connectivity index (χ4n) is 1.50. The lowest BCUT2D eigenvalue weighted by Gasteiger charge is -2.04. The van der Waals surface area contributed by atoms with Gasteiger partial charge in [-0.2, -0.15) is 0 Å². The maximum atomic E-state index is 4.26. The molecule has 1 heterocycles. The van der Waals surface area contributed by atoms with Crippen molar-refractivity contribution >= 4 is 11.8 Å². The zero-order valence-corrected chi connectivity index (χ0v) is 11.2. The molecule has 0 aliphatic carbocycles. The van der Waals surface area contributed by atoms with Crippen LogP contribution in [0.25, 0.3) is 11.3 Å². The molecule has 0 saturated heterocycles. The molecule has 0 N–H and O–H groups in total. The highest BCUT2D eigenvalue weighted by atomic mass is 32.2. The largest absolute Gasteiger partial charge is 0.149 e. The third-order valence-electron chi connectivity index (χ3n) is 2.34. The predicted octanol–water partition coefficient (Wildman–Crippen LogP) is 3.95. The second kappa shape index (κ2) is 5.32. The molecule has 88 valence electrons. The summed E-state index contributed by atoms with van der Waals surface area (Å²) in [6.45, 7) is 6.39. The summed E-state index contributed by atoms with van der Waals surface area (Å²) in [7, 11) is 0. The molecule has 0 amide bonds. The van der Waals surface area contributed by atoms with Gasteiger partial charge in [0.25, 0.3) is 0 Å². The number of aromatic nitrogens is 2. The van der Waals surface area contributed by atoms with Gasteiger partial charge in [-0.3, -0.25) is 0 Å². The Kier molecular flexibility index (Phi) is 3.79. The number of rotatable bonds is 3. The van der Waals surface area contributed by atoms with E-state index in [-0.39, 0.29) is 0 Å². The average molecular weight is 244 g/mol. The quantitative estimate of drug-likeness (QED) is 0.764. The Morgan fingerprint density at radius 3 is 2.18 bits per heavy atom. The number of hydrogen-bond acceptors (Lipinski definition) is 3. The Labute approximate surface area is 106 Å². The van der Waals surface area contributed by atoms with Crippen molar-refractivity contribution in [3.8, 4) is 11.3 Å². The molecule has 0 fully saturated rings. The van der Waals surface area contributed by atoms with Crippen LogP contribution in [0, 0.1) is 6.92 Å². The molecule has 0 radical (unpaired) electrons. The fraction of sp³-hybridized carbons (Fsp3) is 0.286. The Balaban J connectivity index is 2.20. The van der Waals surface area contributed by atoms with Gasteiger partial charge in [0.1, 0.15) is 5.03 Å². The Bertz CT molecular complexity index is 475. The molecule has 0 aliphatic rings. The van der Waals surface area contributed by atoms with E-state index in [1.165, 1.54) is 5.56 Å². The van der Waals surface area contributed by atoms with E-state index >= 15 is 0 Å². The third kappa shape index (κ3) is 3.30. The lowest BCUT2D eigenvalue weighted by Crippen LogP contribution is -1.92. The van der Waals surface area contributed by atoms with E-state index in [0.717, 1.165) is 16.3 Å². The third-order valence-corrected chi connectivity index (χ3v) is 3.27. The van der Waals surface area contributed by atoms with Crippen LogP contribution < -0.4 is 0 Å². The molecule has 2 nitrogen and oxygen atoms in total. The maximum absolute atomic E-state index is 4.26. The van der Waals surface area contributed by atoms with Gasteiger partial charge in [-0.05, 0) is 19.1 Å². The number of benzene rings is 1. The lowest BCUT2D eigenvalue weighted by atomic mass is 10.1. The minimum Gasteiger partial charge on any atom is -0.149 e. The van der Waals surface area contributed by atoms with Crippen molar-refractivity contribution in [1.82, 2.24) is 10.2 Å². The van der Waals surface area contributed by atoms with Crippen molar-refractivity contribution in [1.29, 1.82) is 0 Å². The molecule has 0 aliphatic heterocycles. The average Bonchev–Trinajstić information content (AvgIpc) is 2.30. The van der Waals surface area contributed by atoms with Crippen LogP contribution in [0.2, 0.25) is 0 Å². The molecular weight excluding hydrogens is 228 g/mol. The van der Waals surface area contributed by atoms with Gasteiger partial charge in [-0.1, -0.05) is 43.7 Å². The summed E-state index contributed by atoms with van der Waals surface area (Å²) in [5.41, 5.74) is 3.30. The Morgan fingerprint density at radius 1 is 0.941 bits per heavy atom. The molecule has 0 spiro atoms. The van der Waals surface area contributed by atoms with E-state index in [1.807, 2.05) is 12.1 Å². The number of aryl methyl sites for hydroxylation is 1. The number of thioether (sulfide) groups is 1. The molecule has 0 bridgehead atoms. The fourth-order valence-corrected chi connectivity index (χ4v) is 2.22. The van der Waals surface area contributed by atoms with Crippen molar-refractivity contribution in [3.63, 3.8) is 0 Å². The van der Waals surface area contributed by atoms with Gasteiger partial charge >= 0.3 is 0 Å².